The molecule has 0 radical (unpaired) electrons. The zero-order valence-corrected chi connectivity index (χ0v) is 14.4. The standard InChI is InChI=1S/C19H23N3O2/c1-12-17(13(2)21-18(12)14(3)23)19(24)22-10-5-4-8-16(22)15-7-6-9-20-11-15/h6-7,9,11,16,21H,4-5,8,10H2,1-3H3/t16-/m1/s1. The first-order valence-corrected chi connectivity index (χ1v) is 8.41. The van der Waals surface area contributed by atoms with Crippen molar-refractivity contribution in [2.24, 2.45) is 0 Å². The van der Waals surface area contributed by atoms with Gasteiger partial charge >= 0.3 is 0 Å². The molecule has 1 N–H and O–H groups in total. The first-order valence-electron chi connectivity index (χ1n) is 8.41. The van der Waals surface area contributed by atoms with E-state index in [1.165, 1.54) is 6.92 Å². The van der Waals surface area contributed by atoms with Crippen molar-refractivity contribution in [3.63, 3.8) is 0 Å². The van der Waals surface area contributed by atoms with Crippen LogP contribution in [-0.4, -0.2) is 33.1 Å². The molecule has 3 heterocycles. The van der Waals surface area contributed by atoms with Crippen molar-refractivity contribution in [1.29, 1.82) is 0 Å². The van der Waals surface area contributed by atoms with Crippen LogP contribution in [0.3, 0.4) is 0 Å². The first-order chi connectivity index (χ1) is 11.5. The van der Waals surface area contributed by atoms with Gasteiger partial charge < -0.3 is 9.88 Å². The van der Waals surface area contributed by atoms with Gasteiger partial charge in [-0.2, -0.15) is 0 Å². The highest BCUT2D eigenvalue weighted by atomic mass is 16.2. The number of hydrogen-bond acceptors (Lipinski definition) is 3. The molecule has 5 heteroatoms. The van der Waals surface area contributed by atoms with Gasteiger partial charge in [-0.1, -0.05) is 6.07 Å². The molecule has 3 rings (SSSR count). The van der Waals surface area contributed by atoms with Crippen molar-refractivity contribution in [1.82, 2.24) is 14.9 Å². The summed E-state index contributed by atoms with van der Waals surface area (Å²) in [6.45, 7) is 5.95. The fraction of sp³-hybridized carbons (Fsp3) is 0.421. The maximum atomic E-state index is 13.2. The van der Waals surface area contributed by atoms with Crippen molar-refractivity contribution < 1.29 is 9.59 Å². The van der Waals surface area contributed by atoms with E-state index >= 15 is 0 Å². The third-order valence-corrected chi connectivity index (χ3v) is 4.84. The van der Waals surface area contributed by atoms with E-state index in [1.807, 2.05) is 37.1 Å². The summed E-state index contributed by atoms with van der Waals surface area (Å²) in [6.07, 6.45) is 6.64. The number of carbonyl (C=O) groups is 2. The quantitative estimate of drug-likeness (QED) is 0.877. The van der Waals surface area contributed by atoms with Gasteiger partial charge in [-0.25, -0.2) is 0 Å². The molecule has 1 aliphatic heterocycles. The number of H-pyrrole nitrogens is 1. The minimum Gasteiger partial charge on any atom is -0.355 e. The Kier molecular flexibility index (Phi) is 4.51. The molecule has 24 heavy (non-hydrogen) atoms. The lowest BCUT2D eigenvalue weighted by atomic mass is 9.95. The van der Waals surface area contributed by atoms with Gasteiger partial charge in [0.25, 0.3) is 5.91 Å². The summed E-state index contributed by atoms with van der Waals surface area (Å²) in [6, 6.07) is 3.99. The Morgan fingerprint density at radius 1 is 1.29 bits per heavy atom. The monoisotopic (exact) mass is 325 g/mol. The van der Waals surface area contributed by atoms with Crippen LogP contribution >= 0.6 is 0 Å². The zero-order chi connectivity index (χ0) is 17.3. The van der Waals surface area contributed by atoms with Gasteiger partial charge in [0.2, 0.25) is 0 Å². The van der Waals surface area contributed by atoms with Gasteiger partial charge in [-0.3, -0.25) is 14.6 Å². The maximum Gasteiger partial charge on any atom is 0.256 e. The van der Waals surface area contributed by atoms with Gasteiger partial charge in [0, 0.05) is 31.6 Å². The Morgan fingerprint density at radius 3 is 2.71 bits per heavy atom. The molecule has 1 saturated heterocycles. The second-order valence-corrected chi connectivity index (χ2v) is 6.48. The van der Waals surface area contributed by atoms with E-state index < -0.39 is 0 Å². The number of hydrogen-bond donors (Lipinski definition) is 1. The van der Waals surface area contributed by atoms with Crippen LogP contribution in [-0.2, 0) is 0 Å². The van der Waals surface area contributed by atoms with Crippen molar-refractivity contribution >= 4 is 11.7 Å². The zero-order valence-electron chi connectivity index (χ0n) is 14.4. The number of amides is 1. The number of ketones is 1. The first kappa shape index (κ1) is 16.4. The van der Waals surface area contributed by atoms with Crippen LogP contribution in [0.15, 0.2) is 24.5 Å². The second-order valence-electron chi connectivity index (χ2n) is 6.48. The number of nitrogens with one attached hydrogen (secondary N) is 1. The van der Waals surface area contributed by atoms with E-state index in [0.29, 0.717) is 11.3 Å². The van der Waals surface area contributed by atoms with Crippen molar-refractivity contribution in [2.75, 3.05) is 6.54 Å². The predicted molar refractivity (Wildman–Crippen MR) is 92.1 cm³/mol. The van der Waals surface area contributed by atoms with Crippen LogP contribution in [0.1, 0.15) is 69.9 Å². The fourth-order valence-electron chi connectivity index (χ4n) is 3.66. The lowest BCUT2D eigenvalue weighted by molar-refractivity contribution is 0.0610. The Balaban J connectivity index is 1.97. The topological polar surface area (TPSA) is 66.1 Å². The Hall–Kier alpha value is -2.43. The smallest absolute Gasteiger partial charge is 0.256 e. The van der Waals surface area contributed by atoms with Gasteiger partial charge in [-0.15, -0.1) is 0 Å². The molecule has 1 fully saturated rings. The molecule has 126 valence electrons. The van der Waals surface area contributed by atoms with Crippen LogP contribution in [0.2, 0.25) is 0 Å². The third-order valence-electron chi connectivity index (χ3n) is 4.84. The number of aromatic nitrogens is 2. The van der Waals surface area contributed by atoms with Crippen molar-refractivity contribution in [3.05, 3.63) is 52.6 Å². The Labute approximate surface area is 142 Å². The van der Waals surface area contributed by atoms with E-state index in [2.05, 4.69) is 9.97 Å². The fourth-order valence-corrected chi connectivity index (χ4v) is 3.66. The number of aromatic amines is 1. The summed E-state index contributed by atoms with van der Waals surface area (Å²) < 4.78 is 0. The molecule has 1 aliphatic rings. The molecule has 1 amide bonds. The van der Waals surface area contributed by atoms with Crippen LogP contribution in [0.4, 0.5) is 0 Å². The van der Waals surface area contributed by atoms with E-state index in [-0.39, 0.29) is 17.7 Å². The van der Waals surface area contributed by atoms with Crippen molar-refractivity contribution in [3.8, 4) is 0 Å². The lowest BCUT2D eigenvalue weighted by Crippen LogP contribution is -2.39. The highest BCUT2D eigenvalue weighted by Crippen LogP contribution is 2.33. The third kappa shape index (κ3) is 2.86. The number of piperidine rings is 1. The normalized spacial score (nSPS) is 17.8. The summed E-state index contributed by atoms with van der Waals surface area (Å²) >= 11 is 0. The van der Waals surface area contributed by atoms with E-state index in [1.54, 1.807) is 6.20 Å². The molecule has 0 bridgehead atoms. The summed E-state index contributed by atoms with van der Waals surface area (Å²) in [5.41, 5.74) is 3.75. The second kappa shape index (κ2) is 6.59. The van der Waals surface area contributed by atoms with Gasteiger partial charge in [-0.05, 0) is 50.3 Å². The Morgan fingerprint density at radius 2 is 2.08 bits per heavy atom. The van der Waals surface area contributed by atoms with Crippen LogP contribution < -0.4 is 0 Å². The SMILES string of the molecule is CC(=O)c1[nH]c(C)c(C(=O)N2CCCC[C@@H]2c2cccnc2)c1C. The number of carbonyl (C=O) groups excluding carboxylic acids is 2. The van der Waals surface area contributed by atoms with E-state index in [4.69, 9.17) is 0 Å². The molecule has 0 aromatic carbocycles. The van der Waals surface area contributed by atoms with E-state index in [9.17, 15) is 9.59 Å². The molecule has 0 aliphatic carbocycles. The molecular formula is C19H23N3O2. The van der Waals surface area contributed by atoms with Crippen LogP contribution in [0, 0.1) is 13.8 Å². The van der Waals surface area contributed by atoms with Gasteiger partial charge in [0.1, 0.15) is 0 Å². The number of pyridine rings is 1. The molecule has 2 aromatic rings. The number of likely N-dealkylation sites (tertiary alicyclic amines) is 1. The van der Waals surface area contributed by atoms with Crippen LogP contribution in [0.5, 0.6) is 0 Å². The average molecular weight is 325 g/mol. The molecule has 0 unspecified atom stereocenters. The predicted octanol–water partition coefficient (Wildman–Crippen LogP) is 3.60. The number of aryl methyl sites for hydroxylation is 1. The minimum atomic E-state index is -0.0443. The van der Waals surface area contributed by atoms with E-state index in [0.717, 1.165) is 42.6 Å². The number of Topliss-reactive ketones (excluding diaryl/α,β-unsaturated/α-hetero) is 1. The van der Waals surface area contributed by atoms with Gasteiger partial charge in [0.05, 0.1) is 17.3 Å². The molecular weight excluding hydrogens is 302 g/mol. The summed E-state index contributed by atoms with van der Waals surface area (Å²) in [5, 5.41) is 0. The Bertz CT molecular complexity index is 764. The molecule has 0 saturated carbocycles. The average Bonchev–Trinajstić information content (AvgIpc) is 2.90. The molecule has 0 spiro atoms. The molecule has 2 aromatic heterocycles. The lowest BCUT2D eigenvalue weighted by Gasteiger charge is -2.36. The number of rotatable bonds is 3. The largest absolute Gasteiger partial charge is 0.355 e. The summed E-state index contributed by atoms with van der Waals surface area (Å²) in [5.74, 6) is -0.0422. The molecule has 1 atom stereocenters. The number of nitrogens with zero attached hydrogens (tertiary/aromatic N) is 2. The highest BCUT2D eigenvalue weighted by molar-refractivity contribution is 6.02. The van der Waals surface area contributed by atoms with Gasteiger partial charge in [0.15, 0.2) is 5.78 Å². The molecule has 5 nitrogen and oxygen atoms in total. The summed E-state index contributed by atoms with van der Waals surface area (Å²) in [4.78, 5) is 34.2. The highest BCUT2D eigenvalue weighted by Gasteiger charge is 2.31. The minimum absolute atomic E-state index is 0.00213. The maximum absolute atomic E-state index is 13.2. The summed E-state index contributed by atoms with van der Waals surface area (Å²) in [7, 11) is 0. The van der Waals surface area contributed by atoms with Crippen molar-refractivity contribution in [2.45, 2.75) is 46.1 Å². The van der Waals surface area contributed by atoms with Crippen LogP contribution in [0.25, 0.3) is 0 Å².